The maximum Gasteiger partial charge on any atom is 0.119 e. The maximum atomic E-state index is 10.2. The van der Waals surface area contributed by atoms with Crippen LogP contribution in [0.3, 0.4) is 0 Å². The van der Waals surface area contributed by atoms with Crippen molar-refractivity contribution in [1.29, 1.82) is 0 Å². The summed E-state index contributed by atoms with van der Waals surface area (Å²) in [5, 5.41) is 11.5. The Hall–Kier alpha value is -1.18. The van der Waals surface area contributed by atoms with Gasteiger partial charge in [-0.05, 0) is 78.6 Å². The van der Waals surface area contributed by atoms with Crippen LogP contribution in [0, 0.1) is 0 Å². The molecule has 37 heavy (non-hydrogen) atoms. The molecule has 0 amide bonds. The van der Waals surface area contributed by atoms with Crippen LogP contribution >= 0.6 is 49.6 Å². The van der Waals surface area contributed by atoms with E-state index in [9.17, 15) is 5.11 Å². The van der Waals surface area contributed by atoms with E-state index in [4.69, 9.17) is 0 Å². The molecule has 1 fully saturated rings. The number of aromatic nitrogens is 1. The smallest absolute Gasteiger partial charge is 0.119 e. The van der Waals surface area contributed by atoms with Crippen molar-refractivity contribution in [1.82, 2.24) is 19.7 Å². The summed E-state index contributed by atoms with van der Waals surface area (Å²) in [6.45, 7) is 11.4. The predicted octanol–water partition coefficient (Wildman–Crippen LogP) is 5.95. The van der Waals surface area contributed by atoms with Crippen molar-refractivity contribution in [2.24, 2.45) is 0 Å². The first kappa shape index (κ1) is 33.8. The van der Waals surface area contributed by atoms with Crippen LogP contribution in [-0.2, 0) is 19.4 Å². The molecule has 1 saturated heterocycles. The van der Waals surface area contributed by atoms with Crippen LogP contribution in [-0.4, -0.2) is 76.6 Å². The number of benzene rings is 2. The van der Waals surface area contributed by atoms with Crippen LogP contribution < -0.4 is 0 Å². The second-order valence-corrected chi connectivity index (χ2v) is 9.86. The SMILES string of the molecule is CCCN(CCN1CCN(Cc2ccc3[nH]ccc3c2)CC1)C1CCc2c(O)cccc2C1.Cl.Cl.Cl.Cl. The zero-order valence-electron chi connectivity index (χ0n) is 21.6. The minimum Gasteiger partial charge on any atom is -0.508 e. The highest BCUT2D eigenvalue weighted by molar-refractivity contribution is 5.86. The lowest BCUT2D eigenvalue weighted by Crippen LogP contribution is -2.49. The fraction of sp³-hybridized carbons (Fsp3) is 0.500. The molecule has 1 aromatic heterocycles. The lowest BCUT2D eigenvalue weighted by molar-refractivity contribution is 0.100. The molecule has 5 nitrogen and oxygen atoms in total. The monoisotopic (exact) mass is 590 g/mol. The standard InChI is InChI=1S/C28H38N4O.4ClH/c1-2-12-32(25-7-8-26-23(20-25)4-3-5-28(26)33)18-17-30-13-15-31(16-14-30)21-22-6-9-27-24(19-22)10-11-29-27;;;;/h3-6,9-11,19,25,29,33H,2,7-8,12-18,20-21H2,1H3;4*1H. The molecule has 2 N–H and O–H groups in total. The van der Waals surface area contributed by atoms with Crippen molar-refractivity contribution in [2.75, 3.05) is 45.8 Å². The van der Waals surface area contributed by atoms with E-state index in [1.807, 2.05) is 18.3 Å². The van der Waals surface area contributed by atoms with Gasteiger partial charge in [0, 0.05) is 63.6 Å². The Kier molecular flexibility index (Phi) is 14.7. The van der Waals surface area contributed by atoms with E-state index in [0.717, 1.165) is 65.1 Å². The van der Waals surface area contributed by atoms with E-state index in [1.54, 1.807) is 0 Å². The Bertz CT molecular complexity index is 1070. The number of phenolic OH excluding ortho intramolecular Hbond substituents is 1. The average Bonchev–Trinajstić information content (AvgIpc) is 3.31. The zero-order valence-corrected chi connectivity index (χ0v) is 24.9. The Balaban J connectivity index is 0.00000171. The summed E-state index contributed by atoms with van der Waals surface area (Å²) >= 11 is 0. The third-order valence-electron chi connectivity index (χ3n) is 7.65. The van der Waals surface area contributed by atoms with E-state index in [-0.39, 0.29) is 49.6 Å². The van der Waals surface area contributed by atoms with Crippen molar-refractivity contribution in [3.05, 3.63) is 65.4 Å². The zero-order chi connectivity index (χ0) is 22.6. The number of nitrogens with one attached hydrogen (secondary N) is 1. The Morgan fingerprint density at radius 1 is 0.946 bits per heavy atom. The molecule has 1 atom stereocenters. The van der Waals surface area contributed by atoms with Gasteiger partial charge in [0.15, 0.2) is 0 Å². The number of phenols is 1. The number of aromatic hydroxyl groups is 1. The lowest BCUT2D eigenvalue weighted by Gasteiger charge is -2.39. The Morgan fingerprint density at radius 2 is 1.70 bits per heavy atom. The lowest BCUT2D eigenvalue weighted by atomic mass is 9.87. The normalized spacial score (nSPS) is 17.7. The van der Waals surface area contributed by atoms with Gasteiger partial charge in [0.2, 0.25) is 0 Å². The summed E-state index contributed by atoms with van der Waals surface area (Å²) in [5.74, 6) is 0.485. The van der Waals surface area contributed by atoms with Crippen LogP contribution in [0.2, 0.25) is 0 Å². The third-order valence-corrected chi connectivity index (χ3v) is 7.65. The topological polar surface area (TPSA) is 45.7 Å². The van der Waals surface area contributed by atoms with Crippen LogP contribution in [0.25, 0.3) is 10.9 Å². The Labute approximate surface area is 246 Å². The van der Waals surface area contributed by atoms with Gasteiger partial charge >= 0.3 is 0 Å². The van der Waals surface area contributed by atoms with E-state index >= 15 is 0 Å². The fourth-order valence-electron chi connectivity index (χ4n) is 5.74. The van der Waals surface area contributed by atoms with E-state index in [2.05, 4.69) is 56.9 Å². The Morgan fingerprint density at radius 3 is 2.46 bits per heavy atom. The molecule has 1 unspecified atom stereocenters. The van der Waals surface area contributed by atoms with Gasteiger partial charge in [-0.15, -0.1) is 49.6 Å². The molecule has 1 aliphatic carbocycles. The van der Waals surface area contributed by atoms with Gasteiger partial charge in [-0.25, -0.2) is 0 Å². The van der Waals surface area contributed by atoms with Gasteiger partial charge in [-0.3, -0.25) is 14.7 Å². The third kappa shape index (κ3) is 8.40. The van der Waals surface area contributed by atoms with Crippen LogP contribution in [0.15, 0.2) is 48.7 Å². The number of nitrogens with zero attached hydrogens (tertiary/aromatic N) is 3. The number of aromatic amines is 1. The summed E-state index contributed by atoms with van der Waals surface area (Å²) in [4.78, 5) is 11.2. The molecule has 9 heteroatoms. The molecule has 5 rings (SSSR count). The molecule has 0 bridgehead atoms. The minimum atomic E-state index is 0. The van der Waals surface area contributed by atoms with Crippen molar-refractivity contribution in [3.63, 3.8) is 0 Å². The number of rotatable bonds is 8. The van der Waals surface area contributed by atoms with E-state index < -0.39 is 0 Å². The van der Waals surface area contributed by atoms with Crippen molar-refractivity contribution in [2.45, 2.75) is 45.2 Å². The predicted molar refractivity (Wildman–Crippen MR) is 165 cm³/mol. The molecule has 1 aliphatic heterocycles. The van der Waals surface area contributed by atoms with Gasteiger partial charge in [-0.1, -0.05) is 25.1 Å². The van der Waals surface area contributed by atoms with E-state index in [1.165, 1.54) is 40.6 Å². The summed E-state index contributed by atoms with van der Waals surface area (Å²) < 4.78 is 0. The molecule has 2 aliphatic rings. The molecule has 3 aromatic rings. The molecule has 0 saturated carbocycles. The highest BCUT2D eigenvalue weighted by Crippen LogP contribution is 2.30. The second kappa shape index (κ2) is 16.0. The molecule has 0 spiro atoms. The van der Waals surface area contributed by atoms with Crippen molar-refractivity contribution < 1.29 is 5.11 Å². The van der Waals surface area contributed by atoms with Gasteiger partial charge < -0.3 is 10.1 Å². The van der Waals surface area contributed by atoms with Crippen LogP contribution in [0.4, 0.5) is 0 Å². The maximum absolute atomic E-state index is 10.2. The van der Waals surface area contributed by atoms with Gasteiger partial charge in [0.1, 0.15) is 5.75 Å². The molecule has 0 radical (unpaired) electrons. The summed E-state index contributed by atoms with van der Waals surface area (Å²) in [5.41, 5.74) is 5.16. The number of halogens is 4. The highest BCUT2D eigenvalue weighted by atomic mass is 35.5. The van der Waals surface area contributed by atoms with Crippen LogP contribution in [0.5, 0.6) is 5.75 Å². The number of hydrogen-bond acceptors (Lipinski definition) is 4. The quantitative estimate of drug-likeness (QED) is 0.340. The van der Waals surface area contributed by atoms with Crippen molar-refractivity contribution in [3.8, 4) is 5.75 Å². The molecular weight excluding hydrogens is 550 g/mol. The minimum absolute atomic E-state index is 0. The number of hydrogen-bond donors (Lipinski definition) is 2. The van der Waals surface area contributed by atoms with Gasteiger partial charge in [0.25, 0.3) is 0 Å². The number of fused-ring (bicyclic) bond motifs is 2. The van der Waals surface area contributed by atoms with Gasteiger partial charge in [0.05, 0.1) is 0 Å². The second-order valence-electron chi connectivity index (χ2n) is 9.86. The number of piperazine rings is 1. The van der Waals surface area contributed by atoms with Crippen molar-refractivity contribution >= 4 is 60.5 Å². The van der Waals surface area contributed by atoms with Crippen LogP contribution in [0.1, 0.15) is 36.5 Å². The highest BCUT2D eigenvalue weighted by Gasteiger charge is 2.26. The summed E-state index contributed by atoms with van der Waals surface area (Å²) in [6.07, 6.45) is 6.45. The summed E-state index contributed by atoms with van der Waals surface area (Å²) in [7, 11) is 0. The number of H-pyrrole nitrogens is 1. The van der Waals surface area contributed by atoms with Gasteiger partial charge in [-0.2, -0.15) is 0 Å². The summed E-state index contributed by atoms with van der Waals surface area (Å²) in [6, 6.07) is 15.6. The first-order valence-corrected chi connectivity index (χ1v) is 12.7. The average molecular weight is 592 g/mol. The molecule has 208 valence electrons. The molecule has 2 heterocycles. The largest absolute Gasteiger partial charge is 0.508 e. The first-order chi connectivity index (χ1) is 16.2. The van der Waals surface area contributed by atoms with E-state index in [0.29, 0.717) is 11.8 Å². The molecular formula is C28H42Cl4N4O. The fourth-order valence-corrected chi connectivity index (χ4v) is 5.74. The molecule has 2 aromatic carbocycles. The first-order valence-electron chi connectivity index (χ1n) is 12.7.